The summed E-state index contributed by atoms with van der Waals surface area (Å²) in [5.41, 5.74) is 0.571. The van der Waals surface area contributed by atoms with Gasteiger partial charge in [0.15, 0.2) is 0 Å². The lowest BCUT2D eigenvalue weighted by molar-refractivity contribution is 0.583. The summed E-state index contributed by atoms with van der Waals surface area (Å²) in [5, 5.41) is 3.28. The molecule has 1 fully saturated rings. The van der Waals surface area contributed by atoms with Gasteiger partial charge in [0.2, 0.25) is 0 Å². The third kappa shape index (κ3) is 3.58. The molecule has 0 radical (unpaired) electrons. The van der Waals surface area contributed by atoms with E-state index in [9.17, 15) is 8.78 Å². The van der Waals surface area contributed by atoms with Crippen LogP contribution in [0.4, 0.5) is 8.78 Å². The van der Waals surface area contributed by atoms with Crippen molar-refractivity contribution in [2.24, 2.45) is 0 Å². The second-order valence-corrected chi connectivity index (χ2v) is 3.76. The molecule has 0 bridgehead atoms. The topological polar surface area (TPSA) is 12.0 Å². The van der Waals surface area contributed by atoms with Crippen molar-refractivity contribution in [1.29, 1.82) is 0 Å². The van der Waals surface area contributed by atoms with Crippen LogP contribution in [-0.2, 0) is 0 Å². The quantitative estimate of drug-likeness (QED) is 0.844. The monoisotopic (exact) mass is 245 g/mol. The van der Waals surface area contributed by atoms with Gasteiger partial charge in [-0.05, 0) is 37.1 Å². The van der Waals surface area contributed by atoms with E-state index in [-0.39, 0.29) is 12.4 Å². The Hall–Kier alpha value is -0.930. The molecule has 1 aromatic rings. The van der Waals surface area contributed by atoms with Crippen molar-refractivity contribution >= 4 is 18.5 Å². The fourth-order valence-corrected chi connectivity index (χ4v) is 1.77. The fraction of sp³-hybridized carbons (Fsp3) is 0.333. The molecule has 1 aromatic carbocycles. The van der Waals surface area contributed by atoms with Crippen LogP contribution in [0.1, 0.15) is 18.4 Å². The molecule has 1 unspecified atom stereocenters. The molecule has 1 saturated heterocycles. The van der Waals surface area contributed by atoms with Crippen molar-refractivity contribution in [1.82, 2.24) is 5.32 Å². The van der Waals surface area contributed by atoms with Crippen LogP contribution in [0.25, 0.3) is 6.08 Å². The van der Waals surface area contributed by atoms with Crippen molar-refractivity contribution in [2.45, 2.75) is 18.9 Å². The number of hydrogen-bond acceptors (Lipinski definition) is 1. The minimum Gasteiger partial charge on any atom is -0.311 e. The van der Waals surface area contributed by atoms with E-state index in [4.69, 9.17) is 0 Å². The zero-order valence-electron chi connectivity index (χ0n) is 8.75. The van der Waals surface area contributed by atoms with E-state index >= 15 is 0 Å². The molecule has 1 aliphatic heterocycles. The first kappa shape index (κ1) is 13.1. The molecule has 0 saturated carbocycles. The Labute approximate surface area is 100.0 Å². The summed E-state index contributed by atoms with van der Waals surface area (Å²) >= 11 is 0. The number of hydrogen-bond donors (Lipinski definition) is 1. The Morgan fingerprint density at radius 2 is 1.88 bits per heavy atom. The normalized spacial score (nSPS) is 20.0. The molecule has 1 aliphatic rings. The highest BCUT2D eigenvalue weighted by Gasteiger charge is 2.09. The number of benzene rings is 1. The minimum absolute atomic E-state index is 0. The standard InChI is InChI=1S/C12H13F2N.ClH/c13-10-6-9(7-11(14)8-10)3-4-12-2-1-5-15-12;/h3-4,6-8,12,15H,1-2,5H2;1H/b4-3+;. The zero-order chi connectivity index (χ0) is 10.7. The van der Waals surface area contributed by atoms with Gasteiger partial charge in [-0.25, -0.2) is 8.78 Å². The van der Waals surface area contributed by atoms with Crippen LogP contribution in [0.5, 0.6) is 0 Å². The van der Waals surface area contributed by atoms with Gasteiger partial charge in [-0.2, -0.15) is 0 Å². The van der Waals surface area contributed by atoms with Crippen LogP contribution >= 0.6 is 12.4 Å². The lowest BCUT2D eigenvalue weighted by Crippen LogP contribution is -2.17. The molecule has 0 aliphatic carbocycles. The molecule has 1 atom stereocenters. The predicted octanol–water partition coefficient (Wildman–Crippen LogP) is 3.15. The van der Waals surface area contributed by atoms with Crippen molar-refractivity contribution in [3.63, 3.8) is 0 Å². The Balaban J connectivity index is 0.00000128. The van der Waals surface area contributed by atoms with Gasteiger partial charge >= 0.3 is 0 Å². The number of halogens is 3. The Morgan fingerprint density at radius 1 is 1.19 bits per heavy atom. The summed E-state index contributed by atoms with van der Waals surface area (Å²) in [5.74, 6) is -1.07. The smallest absolute Gasteiger partial charge is 0.126 e. The van der Waals surface area contributed by atoms with E-state index in [2.05, 4.69) is 5.32 Å². The summed E-state index contributed by atoms with van der Waals surface area (Å²) in [6.07, 6.45) is 5.97. The largest absolute Gasteiger partial charge is 0.311 e. The van der Waals surface area contributed by atoms with Crippen LogP contribution in [0.2, 0.25) is 0 Å². The van der Waals surface area contributed by atoms with Crippen molar-refractivity contribution in [3.8, 4) is 0 Å². The van der Waals surface area contributed by atoms with E-state index in [0.29, 0.717) is 11.6 Å². The van der Waals surface area contributed by atoms with E-state index in [1.807, 2.05) is 6.08 Å². The SMILES string of the molecule is Cl.Fc1cc(F)cc(/C=C/C2CCCN2)c1. The average Bonchev–Trinajstić information content (AvgIpc) is 2.65. The molecule has 0 amide bonds. The highest BCUT2D eigenvalue weighted by Crippen LogP contribution is 2.12. The van der Waals surface area contributed by atoms with E-state index in [1.165, 1.54) is 12.1 Å². The fourth-order valence-electron chi connectivity index (χ4n) is 1.77. The molecule has 16 heavy (non-hydrogen) atoms. The Kier molecular flexibility index (Phi) is 4.90. The Morgan fingerprint density at radius 3 is 2.44 bits per heavy atom. The van der Waals surface area contributed by atoms with E-state index < -0.39 is 11.6 Å². The van der Waals surface area contributed by atoms with Crippen molar-refractivity contribution in [3.05, 3.63) is 41.5 Å². The third-order valence-corrected chi connectivity index (χ3v) is 2.50. The van der Waals surface area contributed by atoms with Crippen LogP contribution < -0.4 is 5.32 Å². The highest BCUT2D eigenvalue weighted by molar-refractivity contribution is 5.85. The van der Waals surface area contributed by atoms with Gasteiger partial charge < -0.3 is 5.32 Å². The predicted molar refractivity (Wildman–Crippen MR) is 63.7 cm³/mol. The lowest BCUT2D eigenvalue weighted by Gasteiger charge is -2.02. The molecule has 1 nitrogen and oxygen atoms in total. The Bertz CT molecular complexity index is 353. The first-order valence-electron chi connectivity index (χ1n) is 5.12. The van der Waals surface area contributed by atoms with Crippen molar-refractivity contribution in [2.75, 3.05) is 6.54 Å². The second kappa shape index (κ2) is 5.97. The van der Waals surface area contributed by atoms with E-state index in [1.54, 1.807) is 6.08 Å². The molecular formula is C12H14ClF2N. The van der Waals surface area contributed by atoms with Gasteiger partial charge in [0.05, 0.1) is 0 Å². The number of rotatable bonds is 2. The van der Waals surface area contributed by atoms with Crippen LogP contribution in [0, 0.1) is 11.6 Å². The van der Waals surface area contributed by atoms with Gasteiger partial charge in [-0.3, -0.25) is 0 Å². The van der Waals surface area contributed by atoms with E-state index in [0.717, 1.165) is 25.5 Å². The number of nitrogens with one attached hydrogen (secondary N) is 1. The average molecular weight is 246 g/mol. The summed E-state index contributed by atoms with van der Waals surface area (Å²) in [6.45, 7) is 1.02. The lowest BCUT2D eigenvalue weighted by atomic mass is 10.1. The van der Waals surface area contributed by atoms with Gasteiger partial charge in [-0.15, -0.1) is 12.4 Å². The highest BCUT2D eigenvalue weighted by atomic mass is 35.5. The van der Waals surface area contributed by atoms with Gasteiger partial charge in [-0.1, -0.05) is 12.2 Å². The maximum atomic E-state index is 12.8. The first-order chi connectivity index (χ1) is 7.24. The maximum Gasteiger partial charge on any atom is 0.126 e. The van der Waals surface area contributed by atoms with Gasteiger partial charge in [0.25, 0.3) is 0 Å². The van der Waals surface area contributed by atoms with Crippen LogP contribution in [0.15, 0.2) is 24.3 Å². The third-order valence-electron chi connectivity index (χ3n) is 2.50. The molecule has 1 N–H and O–H groups in total. The van der Waals surface area contributed by atoms with Crippen molar-refractivity contribution < 1.29 is 8.78 Å². The maximum absolute atomic E-state index is 12.8. The first-order valence-corrected chi connectivity index (χ1v) is 5.12. The molecule has 2 rings (SSSR count). The molecule has 1 heterocycles. The summed E-state index contributed by atoms with van der Waals surface area (Å²) in [6, 6.07) is 3.88. The van der Waals surface area contributed by atoms with Gasteiger partial charge in [0, 0.05) is 12.1 Å². The molecule has 4 heteroatoms. The summed E-state index contributed by atoms with van der Waals surface area (Å²) < 4.78 is 25.7. The molecule has 0 aromatic heterocycles. The zero-order valence-corrected chi connectivity index (χ0v) is 9.57. The molecular weight excluding hydrogens is 232 g/mol. The molecule has 0 spiro atoms. The summed E-state index contributed by atoms with van der Waals surface area (Å²) in [4.78, 5) is 0. The molecule has 88 valence electrons. The van der Waals surface area contributed by atoms with Gasteiger partial charge in [0.1, 0.15) is 11.6 Å². The second-order valence-electron chi connectivity index (χ2n) is 3.76. The van der Waals surface area contributed by atoms with Crippen LogP contribution in [-0.4, -0.2) is 12.6 Å². The minimum atomic E-state index is -0.533. The van der Waals surface area contributed by atoms with Crippen LogP contribution in [0.3, 0.4) is 0 Å². The summed E-state index contributed by atoms with van der Waals surface area (Å²) in [7, 11) is 0.